The molecule has 4 rings (SSSR count). The first-order valence-corrected chi connectivity index (χ1v) is 10.3. The van der Waals surface area contributed by atoms with E-state index < -0.39 is 0 Å². The van der Waals surface area contributed by atoms with Gasteiger partial charge in [-0.3, -0.25) is 4.57 Å². The summed E-state index contributed by atoms with van der Waals surface area (Å²) in [4.78, 5) is 31.1. The Labute approximate surface area is 165 Å². The Morgan fingerprint density at radius 2 is 2.11 bits per heavy atom. The lowest BCUT2D eigenvalue weighted by Crippen LogP contribution is -2.42. The molecule has 1 atom stereocenters. The normalized spacial score (nSPS) is 20.1. The van der Waals surface area contributed by atoms with Gasteiger partial charge in [0.05, 0.1) is 18.1 Å². The van der Waals surface area contributed by atoms with Crippen LogP contribution in [0.25, 0.3) is 11.0 Å². The highest BCUT2D eigenvalue weighted by molar-refractivity contribution is 5.79. The van der Waals surface area contributed by atoms with Crippen LogP contribution in [-0.4, -0.2) is 65.3 Å². The lowest BCUT2D eigenvalue weighted by Gasteiger charge is -2.33. The number of likely N-dealkylation sites (N-methyl/N-ethyl adjacent to an activating group) is 1. The number of nitrogens with one attached hydrogen (secondary N) is 1. The largest absolute Gasteiger partial charge is 0.453 e. The highest BCUT2D eigenvalue weighted by Crippen LogP contribution is 2.26. The summed E-state index contributed by atoms with van der Waals surface area (Å²) in [5, 5.41) is 0. The van der Waals surface area contributed by atoms with Gasteiger partial charge in [0.1, 0.15) is 0 Å². The number of piperidine rings is 1. The fraction of sp³-hybridized carbons (Fsp3) is 0.619. The molecule has 0 radical (unpaired) electrons. The van der Waals surface area contributed by atoms with Crippen molar-refractivity contribution < 1.29 is 9.53 Å². The zero-order chi connectivity index (χ0) is 19.7. The third kappa shape index (κ3) is 3.68. The molecule has 28 heavy (non-hydrogen) atoms. The van der Waals surface area contributed by atoms with E-state index in [1.807, 2.05) is 16.7 Å². The maximum Gasteiger partial charge on any atom is 0.409 e. The summed E-state index contributed by atoms with van der Waals surface area (Å²) in [5.74, 6) is 0.688. The van der Waals surface area contributed by atoms with Crippen LogP contribution < -0.4 is 5.69 Å². The van der Waals surface area contributed by atoms with Crippen LogP contribution in [-0.2, 0) is 17.7 Å². The van der Waals surface area contributed by atoms with Crippen LogP contribution >= 0.6 is 0 Å². The standard InChI is InChI=1S/C21H30N4O3/c1-23(10-4-5-15-8-11-24(12-9-15)21(27)28-2)17-13-16-6-3-7-18-19(16)25(14-17)20(26)22-18/h3,6-7,15,17H,4-5,8-14H2,1-2H3,(H,22,26)/t17-/m1/s1. The molecule has 1 fully saturated rings. The van der Waals surface area contributed by atoms with Gasteiger partial charge >= 0.3 is 11.8 Å². The van der Waals surface area contributed by atoms with Crippen LogP contribution in [0.1, 0.15) is 31.2 Å². The molecule has 0 bridgehead atoms. The predicted octanol–water partition coefficient (Wildman–Crippen LogP) is 2.44. The third-order valence-corrected chi connectivity index (χ3v) is 6.52. The molecule has 2 aromatic rings. The molecule has 0 aliphatic carbocycles. The lowest BCUT2D eigenvalue weighted by molar-refractivity contribution is 0.104. The average Bonchev–Trinajstić information content (AvgIpc) is 3.04. The summed E-state index contributed by atoms with van der Waals surface area (Å²) in [6.45, 7) is 3.40. The van der Waals surface area contributed by atoms with Gasteiger partial charge in [-0.2, -0.15) is 0 Å². The molecule has 1 aromatic heterocycles. The predicted molar refractivity (Wildman–Crippen MR) is 109 cm³/mol. The van der Waals surface area contributed by atoms with E-state index in [0.717, 1.165) is 62.9 Å². The third-order valence-electron chi connectivity index (χ3n) is 6.52. The maximum absolute atomic E-state index is 12.3. The van der Waals surface area contributed by atoms with Gasteiger partial charge in [0.25, 0.3) is 0 Å². The van der Waals surface area contributed by atoms with Crippen LogP contribution in [0.5, 0.6) is 0 Å². The number of hydrogen-bond donors (Lipinski definition) is 1. The second kappa shape index (κ2) is 7.99. The van der Waals surface area contributed by atoms with Crippen molar-refractivity contribution in [1.29, 1.82) is 0 Å². The van der Waals surface area contributed by atoms with Gasteiger partial charge in [-0.1, -0.05) is 12.1 Å². The molecule has 1 saturated heterocycles. The number of carbonyl (C=O) groups is 1. The number of imidazole rings is 1. The van der Waals surface area contributed by atoms with Gasteiger partial charge in [-0.05, 0) is 63.2 Å². The van der Waals surface area contributed by atoms with Crippen LogP contribution in [0.4, 0.5) is 4.79 Å². The maximum atomic E-state index is 12.3. The number of carbonyl (C=O) groups excluding carboxylic acids is 1. The van der Waals surface area contributed by atoms with Crippen molar-refractivity contribution in [3.05, 3.63) is 34.2 Å². The molecular weight excluding hydrogens is 356 g/mol. The summed E-state index contributed by atoms with van der Waals surface area (Å²) >= 11 is 0. The van der Waals surface area contributed by atoms with Crippen LogP contribution in [0.3, 0.4) is 0 Å². The average molecular weight is 386 g/mol. The minimum absolute atomic E-state index is 0.00193. The van der Waals surface area contributed by atoms with Crippen molar-refractivity contribution >= 4 is 17.1 Å². The van der Waals surface area contributed by atoms with E-state index in [9.17, 15) is 9.59 Å². The Kier molecular flexibility index (Phi) is 5.44. The van der Waals surface area contributed by atoms with Gasteiger partial charge in [0.2, 0.25) is 0 Å². The van der Waals surface area contributed by atoms with Crippen LogP contribution in [0, 0.1) is 5.92 Å². The van der Waals surface area contributed by atoms with Gasteiger partial charge in [-0.15, -0.1) is 0 Å². The number of nitrogens with zero attached hydrogens (tertiary/aromatic N) is 3. The molecule has 1 aromatic carbocycles. The van der Waals surface area contributed by atoms with Gasteiger partial charge in [0.15, 0.2) is 0 Å². The van der Waals surface area contributed by atoms with Gasteiger partial charge in [0, 0.05) is 25.7 Å². The molecule has 2 aliphatic heterocycles. The van der Waals surface area contributed by atoms with E-state index in [0.29, 0.717) is 12.0 Å². The van der Waals surface area contributed by atoms with Gasteiger partial charge < -0.3 is 19.5 Å². The number of rotatable bonds is 5. The summed E-state index contributed by atoms with van der Waals surface area (Å²) in [6, 6.07) is 6.50. The monoisotopic (exact) mass is 386 g/mol. The summed E-state index contributed by atoms with van der Waals surface area (Å²) in [7, 11) is 3.62. The van der Waals surface area contributed by atoms with E-state index in [2.05, 4.69) is 23.0 Å². The zero-order valence-electron chi connectivity index (χ0n) is 16.8. The number of benzene rings is 1. The molecule has 0 unspecified atom stereocenters. The summed E-state index contributed by atoms with van der Waals surface area (Å²) < 4.78 is 6.71. The molecule has 0 saturated carbocycles. The second-order valence-corrected chi connectivity index (χ2v) is 8.24. The number of aromatic amines is 1. The quantitative estimate of drug-likeness (QED) is 0.857. The number of methoxy groups -OCH3 is 1. The number of ether oxygens (including phenoxy) is 1. The fourth-order valence-electron chi connectivity index (χ4n) is 4.80. The summed E-state index contributed by atoms with van der Waals surface area (Å²) in [5.41, 5.74) is 3.28. The number of aromatic nitrogens is 2. The molecule has 2 aliphatic rings. The number of amides is 1. The van der Waals surface area contributed by atoms with E-state index in [1.165, 1.54) is 19.1 Å². The zero-order valence-corrected chi connectivity index (χ0v) is 16.8. The molecule has 152 valence electrons. The number of para-hydroxylation sites is 1. The highest BCUT2D eigenvalue weighted by atomic mass is 16.5. The Balaban J connectivity index is 1.27. The highest BCUT2D eigenvalue weighted by Gasteiger charge is 2.26. The Morgan fingerprint density at radius 3 is 2.86 bits per heavy atom. The molecular formula is C21H30N4O3. The molecule has 0 spiro atoms. The van der Waals surface area contributed by atoms with Crippen molar-refractivity contribution in [3.63, 3.8) is 0 Å². The van der Waals surface area contributed by atoms with Crippen molar-refractivity contribution in [3.8, 4) is 0 Å². The van der Waals surface area contributed by atoms with E-state index in [4.69, 9.17) is 4.74 Å². The molecule has 7 heteroatoms. The number of H-pyrrole nitrogens is 1. The first-order chi connectivity index (χ1) is 13.6. The Hall–Kier alpha value is -2.28. The first kappa shape index (κ1) is 19.1. The van der Waals surface area contributed by atoms with Crippen molar-refractivity contribution in [1.82, 2.24) is 19.4 Å². The summed E-state index contributed by atoms with van der Waals surface area (Å²) in [6.07, 6.45) is 5.25. The van der Waals surface area contributed by atoms with Crippen LogP contribution in [0.15, 0.2) is 23.0 Å². The number of likely N-dealkylation sites (tertiary alicyclic amines) is 1. The molecule has 1 amide bonds. The van der Waals surface area contributed by atoms with Crippen LogP contribution in [0.2, 0.25) is 0 Å². The second-order valence-electron chi connectivity index (χ2n) is 8.24. The Bertz CT molecular complexity index is 895. The number of hydrogen-bond acceptors (Lipinski definition) is 4. The van der Waals surface area contributed by atoms with E-state index in [1.54, 1.807) is 4.90 Å². The van der Waals surface area contributed by atoms with Crippen molar-refractivity contribution in [2.45, 2.75) is 44.7 Å². The first-order valence-electron chi connectivity index (χ1n) is 10.3. The minimum atomic E-state index is -0.204. The topological polar surface area (TPSA) is 70.6 Å². The Morgan fingerprint density at radius 1 is 1.32 bits per heavy atom. The SMILES string of the molecule is COC(=O)N1CCC(CCCN(C)[C@@H]2Cc3cccc4[nH]c(=O)n(c34)C2)CC1. The van der Waals surface area contributed by atoms with Crippen molar-refractivity contribution in [2.75, 3.05) is 33.8 Å². The fourth-order valence-corrected chi connectivity index (χ4v) is 4.80. The molecule has 1 N–H and O–H groups in total. The van der Waals surface area contributed by atoms with E-state index in [-0.39, 0.29) is 11.8 Å². The molecule has 3 heterocycles. The smallest absolute Gasteiger partial charge is 0.409 e. The molecule has 7 nitrogen and oxygen atoms in total. The van der Waals surface area contributed by atoms with E-state index >= 15 is 0 Å². The minimum Gasteiger partial charge on any atom is -0.453 e. The van der Waals surface area contributed by atoms with Gasteiger partial charge in [-0.25, -0.2) is 9.59 Å². The lowest BCUT2D eigenvalue weighted by atomic mass is 9.92. The van der Waals surface area contributed by atoms with Crippen molar-refractivity contribution in [2.24, 2.45) is 5.92 Å².